The van der Waals surface area contributed by atoms with Crippen LogP contribution in [0, 0.1) is 13.8 Å². The quantitative estimate of drug-likeness (QED) is 0.124. The van der Waals surface area contributed by atoms with Crippen LogP contribution in [0.1, 0.15) is 66.8 Å². The van der Waals surface area contributed by atoms with Crippen molar-refractivity contribution in [3.63, 3.8) is 0 Å². The SMILES string of the molecule is Cc1cc(/C=C/c2ccc(/C=C/c3ccc(C=C(c4ccccc4)c4ccccc4)c(C)c3)c3ccccc23)ccc1C=C(c1ccccc1)c1ccccc1. The molecule has 0 heteroatoms. The first-order valence-electron chi connectivity index (χ1n) is 19.3. The van der Waals surface area contributed by atoms with Crippen LogP contribution in [-0.4, -0.2) is 0 Å². The Morgan fingerprint density at radius 3 is 0.929 bits per heavy atom. The molecule has 0 nitrogen and oxygen atoms in total. The van der Waals surface area contributed by atoms with Crippen LogP contribution in [0.2, 0.25) is 0 Å². The average Bonchev–Trinajstić information content (AvgIpc) is 3.25. The second-order valence-corrected chi connectivity index (χ2v) is 14.3. The molecule has 0 atom stereocenters. The van der Waals surface area contributed by atoms with Gasteiger partial charge in [0, 0.05) is 0 Å². The van der Waals surface area contributed by atoms with E-state index in [9.17, 15) is 0 Å². The molecular weight excluding hydrogens is 673 g/mol. The Labute approximate surface area is 331 Å². The van der Waals surface area contributed by atoms with Crippen molar-refractivity contribution in [2.45, 2.75) is 13.8 Å². The van der Waals surface area contributed by atoms with Crippen molar-refractivity contribution in [1.82, 2.24) is 0 Å². The van der Waals surface area contributed by atoms with E-state index >= 15 is 0 Å². The number of fused-ring (bicyclic) bond motifs is 1. The van der Waals surface area contributed by atoms with E-state index in [2.05, 4.69) is 244 Å². The van der Waals surface area contributed by atoms with Gasteiger partial charge in [0.1, 0.15) is 0 Å². The van der Waals surface area contributed by atoms with Crippen molar-refractivity contribution in [1.29, 1.82) is 0 Å². The highest BCUT2D eigenvalue weighted by Gasteiger charge is 2.09. The van der Waals surface area contributed by atoms with Gasteiger partial charge >= 0.3 is 0 Å². The largest absolute Gasteiger partial charge is 0.0622 e. The van der Waals surface area contributed by atoms with Gasteiger partial charge in [0.25, 0.3) is 0 Å². The highest BCUT2D eigenvalue weighted by molar-refractivity contribution is 5.99. The van der Waals surface area contributed by atoms with Crippen LogP contribution in [0.25, 0.3) is 58.4 Å². The molecule has 8 rings (SSSR count). The predicted molar refractivity (Wildman–Crippen MR) is 244 cm³/mol. The summed E-state index contributed by atoms with van der Waals surface area (Å²) in [5, 5.41) is 2.48. The lowest BCUT2D eigenvalue weighted by atomic mass is 9.93. The van der Waals surface area contributed by atoms with Gasteiger partial charge in [-0.25, -0.2) is 0 Å². The molecule has 0 aliphatic rings. The third-order valence-corrected chi connectivity index (χ3v) is 10.4. The molecule has 8 aromatic carbocycles. The summed E-state index contributed by atoms with van der Waals surface area (Å²) in [6.45, 7) is 4.40. The van der Waals surface area contributed by atoms with Gasteiger partial charge in [-0.1, -0.05) is 218 Å². The standard InChI is InChI=1S/C56H44/c1-41-37-43(29-33-51(41)39-55(45-17-7-3-8-18-45)46-19-9-4-10-20-46)27-31-49-35-36-50(54-26-16-15-25-53(49)54)32-28-44-30-34-52(42(2)38-44)40-56(47-21-11-5-12-22-47)48-23-13-6-14-24-48/h3-40H,1-2H3/b31-27+,32-28+. The van der Waals surface area contributed by atoms with E-state index < -0.39 is 0 Å². The zero-order valence-electron chi connectivity index (χ0n) is 31.9. The molecule has 0 aliphatic carbocycles. The smallest absolute Gasteiger partial charge is 0.0105 e. The molecule has 0 amide bonds. The molecule has 0 saturated carbocycles. The van der Waals surface area contributed by atoms with Gasteiger partial charge in [-0.3, -0.25) is 0 Å². The fourth-order valence-electron chi connectivity index (χ4n) is 7.39. The summed E-state index contributed by atoms with van der Waals surface area (Å²) in [5.41, 5.74) is 17.0. The fraction of sp³-hybridized carbons (Fsp3) is 0.0357. The van der Waals surface area contributed by atoms with Gasteiger partial charge in [-0.05, 0) is 115 Å². The average molecular weight is 717 g/mol. The third-order valence-electron chi connectivity index (χ3n) is 10.4. The first-order chi connectivity index (χ1) is 27.6. The summed E-state index contributed by atoms with van der Waals surface area (Å²) in [6, 6.07) is 69.2. The van der Waals surface area contributed by atoms with Gasteiger partial charge in [-0.2, -0.15) is 0 Å². The number of rotatable bonds is 10. The summed E-state index contributed by atoms with van der Waals surface area (Å²) >= 11 is 0. The molecule has 0 aliphatic heterocycles. The predicted octanol–water partition coefficient (Wildman–Crippen LogP) is 15.0. The van der Waals surface area contributed by atoms with Crippen LogP contribution in [0.3, 0.4) is 0 Å². The van der Waals surface area contributed by atoms with Crippen LogP contribution < -0.4 is 0 Å². The molecule has 0 N–H and O–H groups in total. The van der Waals surface area contributed by atoms with E-state index in [1.165, 1.54) is 88.7 Å². The van der Waals surface area contributed by atoms with E-state index in [0.29, 0.717) is 0 Å². The van der Waals surface area contributed by atoms with Crippen LogP contribution >= 0.6 is 0 Å². The second kappa shape index (κ2) is 17.0. The minimum atomic E-state index is 1.18. The molecule has 0 fully saturated rings. The normalized spacial score (nSPS) is 11.2. The number of aryl methyl sites for hydroxylation is 2. The highest BCUT2D eigenvalue weighted by Crippen LogP contribution is 2.31. The first-order valence-corrected chi connectivity index (χ1v) is 19.3. The van der Waals surface area contributed by atoms with E-state index in [1.54, 1.807) is 0 Å². The van der Waals surface area contributed by atoms with Crippen LogP contribution in [-0.2, 0) is 0 Å². The van der Waals surface area contributed by atoms with Crippen molar-refractivity contribution < 1.29 is 0 Å². The van der Waals surface area contributed by atoms with Crippen molar-refractivity contribution in [2.75, 3.05) is 0 Å². The van der Waals surface area contributed by atoms with Crippen LogP contribution in [0.4, 0.5) is 0 Å². The van der Waals surface area contributed by atoms with Crippen LogP contribution in [0.15, 0.2) is 194 Å². The Hall–Kier alpha value is -7.02. The Morgan fingerprint density at radius 1 is 0.304 bits per heavy atom. The first kappa shape index (κ1) is 36.0. The minimum Gasteiger partial charge on any atom is -0.0622 e. The summed E-state index contributed by atoms with van der Waals surface area (Å²) in [6.07, 6.45) is 13.6. The van der Waals surface area contributed by atoms with Crippen molar-refractivity contribution >= 4 is 58.4 Å². The van der Waals surface area contributed by atoms with Crippen molar-refractivity contribution in [2.24, 2.45) is 0 Å². The molecule has 0 radical (unpaired) electrons. The summed E-state index contributed by atoms with van der Waals surface area (Å²) < 4.78 is 0. The summed E-state index contributed by atoms with van der Waals surface area (Å²) in [4.78, 5) is 0. The molecule has 0 bridgehead atoms. The third kappa shape index (κ3) is 8.36. The van der Waals surface area contributed by atoms with Crippen molar-refractivity contribution in [3.8, 4) is 0 Å². The van der Waals surface area contributed by atoms with Gasteiger partial charge in [0.05, 0.1) is 0 Å². The van der Waals surface area contributed by atoms with Gasteiger partial charge < -0.3 is 0 Å². The van der Waals surface area contributed by atoms with Gasteiger partial charge in [0.15, 0.2) is 0 Å². The maximum atomic E-state index is 2.31. The minimum absolute atomic E-state index is 1.18. The maximum absolute atomic E-state index is 2.31. The molecular formula is C56H44. The molecule has 0 heterocycles. The number of hydrogen-bond acceptors (Lipinski definition) is 0. The Morgan fingerprint density at radius 2 is 0.607 bits per heavy atom. The highest BCUT2D eigenvalue weighted by atomic mass is 14.1. The Bertz CT molecular complexity index is 2440. The van der Waals surface area contributed by atoms with Crippen molar-refractivity contribution in [3.05, 3.63) is 261 Å². The summed E-state index contributed by atoms with van der Waals surface area (Å²) in [7, 11) is 0. The molecule has 8 aromatic rings. The molecule has 0 aromatic heterocycles. The number of hydrogen-bond donors (Lipinski definition) is 0. The number of benzene rings is 8. The van der Waals surface area contributed by atoms with E-state index in [1.807, 2.05) is 0 Å². The molecule has 0 unspecified atom stereocenters. The lowest BCUT2D eigenvalue weighted by Crippen LogP contribution is -1.90. The molecule has 0 saturated heterocycles. The van der Waals surface area contributed by atoms with Gasteiger partial charge in [-0.15, -0.1) is 0 Å². The molecule has 56 heavy (non-hydrogen) atoms. The van der Waals surface area contributed by atoms with Crippen LogP contribution in [0.5, 0.6) is 0 Å². The Kier molecular flexibility index (Phi) is 10.9. The molecule has 268 valence electrons. The van der Waals surface area contributed by atoms with E-state index in [-0.39, 0.29) is 0 Å². The van der Waals surface area contributed by atoms with E-state index in [4.69, 9.17) is 0 Å². The topological polar surface area (TPSA) is 0 Å². The van der Waals surface area contributed by atoms with E-state index in [0.717, 1.165) is 0 Å². The van der Waals surface area contributed by atoms with Gasteiger partial charge in [0.2, 0.25) is 0 Å². The lowest BCUT2D eigenvalue weighted by Gasteiger charge is -2.11. The summed E-state index contributed by atoms with van der Waals surface area (Å²) in [5.74, 6) is 0. The zero-order valence-corrected chi connectivity index (χ0v) is 31.9. The Balaban J connectivity index is 1.03. The fourth-order valence-corrected chi connectivity index (χ4v) is 7.39. The zero-order chi connectivity index (χ0) is 38.1. The second-order valence-electron chi connectivity index (χ2n) is 14.3. The maximum Gasteiger partial charge on any atom is -0.0105 e. The lowest BCUT2D eigenvalue weighted by molar-refractivity contribution is 1.43. The molecule has 0 spiro atoms. The monoisotopic (exact) mass is 716 g/mol.